The Morgan fingerprint density at radius 1 is 1.23 bits per heavy atom. The summed E-state index contributed by atoms with van der Waals surface area (Å²) in [5.74, 6) is 1.23. The monoisotopic (exact) mass is 389 g/mol. The van der Waals surface area contributed by atoms with Gasteiger partial charge in [0.2, 0.25) is 0 Å². The number of benzene rings is 2. The number of hydrogen-bond donors (Lipinski definition) is 2. The van der Waals surface area contributed by atoms with Gasteiger partial charge in [-0.15, -0.1) is 0 Å². The Hall–Kier alpha value is -1.99. The van der Waals surface area contributed by atoms with Crippen LogP contribution in [0.15, 0.2) is 41.3 Å². The zero-order chi connectivity index (χ0) is 17.9. The Balaban J connectivity index is 1.41. The van der Waals surface area contributed by atoms with E-state index in [0.29, 0.717) is 16.5 Å². The highest BCUT2D eigenvalue weighted by atomic mass is 32.2. The summed E-state index contributed by atoms with van der Waals surface area (Å²) in [6.07, 6.45) is 5.19. The van der Waals surface area contributed by atoms with E-state index >= 15 is 0 Å². The number of ether oxygens (including phenoxy) is 1. The number of hydrogen-bond acceptors (Lipinski definition) is 6. The van der Waals surface area contributed by atoms with Gasteiger partial charge >= 0.3 is 0 Å². The van der Waals surface area contributed by atoms with Crippen LogP contribution in [-0.2, 0) is 0 Å². The summed E-state index contributed by atoms with van der Waals surface area (Å²) >= 11 is 2.72. The molecule has 3 N–H and O–H groups in total. The Morgan fingerprint density at radius 3 is 2.88 bits per heavy atom. The van der Waals surface area contributed by atoms with Crippen molar-refractivity contribution < 1.29 is 9.13 Å². The van der Waals surface area contributed by atoms with Gasteiger partial charge in [0.15, 0.2) is 5.13 Å². The lowest BCUT2D eigenvalue weighted by molar-refractivity contribution is 0.252. The molecule has 0 bridgehead atoms. The summed E-state index contributed by atoms with van der Waals surface area (Å²) in [5.41, 5.74) is 6.89. The van der Waals surface area contributed by atoms with E-state index < -0.39 is 0 Å². The second kappa shape index (κ2) is 7.72. The SMILES string of the molecule is Nc1ccc(SNc2nc3ccc(OCC4CCCC4)cc3s2)c(F)c1. The molecule has 1 saturated carbocycles. The van der Waals surface area contributed by atoms with Crippen molar-refractivity contribution in [1.29, 1.82) is 0 Å². The Morgan fingerprint density at radius 2 is 2.08 bits per heavy atom. The fraction of sp³-hybridized carbons (Fsp3) is 0.316. The third-order valence-corrected chi connectivity index (χ3v) is 6.43. The lowest BCUT2D eigenvalue weighted by Crippen LogP contribution is -2.07. The molecule has 0 aliphatic heterocycles. The first-order chi connectivity index (χ1) is 12.7. The number of anilines is 2. The van der Waals surface area contributed by atoms with Crippen molar-refractivity contribution in [3.8, 4) is 5.75 Å². The molecular formula is C19H20FN3OS2. The summed E-state index contributed by atoms with van der Waals surface area (Å²) in [6.45, 7) is 0.793. The minimum atomic E-state index is -0.341. The van der Waals surface area contributed by atoms with Crippen LogP contribution in [-0.4, -0.2) is 11.6 Å². The maximum atomic E-state index is 13.8. The van der Waals surface area contributed by atoms with Crippen LogP contribution in [0.3, 0.4) is 0 Å². The Labute approximate surface area is 160 Å². The van der Waals surface area contributed by atoms with E-state index in [1.54, 1.807) is 12.1 Å². The molecule has 26 heavy (non-hydrogen) atoms. The van der Waals surface area contributed by atoms with E-state index in [4.69, 9.17) is 10.5 Å². The molecule has 1 aromatic heterocycles. The molecule has 0 spiro atoms. The van der Waals surface area contributed by atoms with Gasteiger partial charge < -0.3 is 15.2 Å². The standard InChI is InChI=1S/C19H20FN3OS2/c20-15-9-13(21)5-8-17(15)26-23-19-22-16-7-6-14(10-18(16)25-19)24-11-12-3-1-2-4-12/h5-10,12H,1-4,11,21H2,(H,22,23). The Bertz CT molecular complexity index is 909. The number of nitrogens with two attached hydrogens (primary N) is 1. The largest absolute Gasteiger partial charge is 0.493 e. The molecule has 1 fully saturated rings. The highest BCUT2D eigenvalue weighted by Gasteiger charge is 2.15. The second-order valence-corrected chi connectivity index (χ2v) is 8.38. The van der Waals surface area contributed by atoms with Gasteiger partial charge in [-0.2, -0.15) is 0 Å². The van der Waals surface area contributed by atoms with Crippen LogP contribution in [0.4, 0.5) is 15.2 Å². The van der Waals surface area contributed by atoms with Crippen molar-refractivity contribution in [1.82, 2.24) is 4.98 Å². The van der Waals surface area contributed by atoms with Gasteiger partial charge in [-0.1, -0.05) is 24.2 Å². The van der Waals surface area contributed by atoms with Gasteiger partial charge in [0, 0.05) is 5.69 Å². The summed E-state index contributed by atoms with van der Waals surface area (Å²) in [5, 5.41) is 0.731. The minimum Gasteiger partial charge on any atom is -0.493 e. The summed E-state index contributed by atoms with van der Waals surface area (Å²) in [4.78, 5) is 5.02. The molecule has 1 aliphatic rings. The average molecular weight is 390 g/mol. The summed E-state index contributed by atoms with van der Waals surface area (Å²) < 4.78 is 24.0. The number of nitrogens with one attached hydrogen (secondary N) is 1. The summed E-state index contributed by atoms with van der Waals surface area (Å²) in [7, 11) is 0. The van der Waals surface area contributed by atoms with E-state index in [1.807, 2.05) is 18.2 Å². The van der Waals surface area contributed by atoms with Crippen LogP contribution < -0.4 is 15.2 Å². The van der Waals surface area contributed by atoms with Gasteiger partial charge in [0.05, 0.1) is 21.7 Å². The first kappa shape index (κ1) is 17.4. The molecule has 7 heteroatoms. The van der Waals surface area contributed by atoms with Crippen LogP contribution in [0.25, 0.3) is 10.2 Å². The summed E-state index contributed by atoms with van der Waals surface area (Å²) in [6, 6.07) is 10.6. The van der Waals surface area contributed by atoms with Crippen LogP contribution in [0.5, 0.6) is 5.75 Å². The number of halogens is 1. The van der Waals surface area contributed by atoms with Crippen LogP contribution in [0.1, 0.15) is 25.7 Å². The van der Waals surface area contributed by atoms with Crippen molar-refractivity contribution >= 4 is 44.3 Å². The van der Waals surface area contributed by atoms with E-state index in [-0.39, 0.29) is 5.82 Å². The maximum absolute atomic E-state index is 13.8. The molecule has 0 saturated heterocycles. The third-order valence-electron chi connectivity index (χ3n) is 4.52. The van der Waals surface area contributed by atoms with Gasteiger partial charge in [-0.3, -0.25) is 0 Å². The molecular weight excluding hydrogens is 369 g/mol. The molecule has 0 amide bonds. The molecule has 4 rings (SSSR count). The molecule has 0 radical (unpaired) electrons. The van der Waals surface area contributed by atoms with Crippen LogP contribution >= 0.6 is 23.3 Å². The van der Waals surface area contributed by atoms with E-state index in [0.717, 1.165) is 27.7 Å². The van der Waals surface area contributed by atoms with E-state index in [9.17, 15) is 4.39 Å². The highest BCUT2D eigenvalue weighted by molar-refractivity contribution is 8.00. The lowest BCUT2D eigenvalue weighted by atomic mass is 10.1. The maximum Gasteiger partial charge on any atom is 0.194 e. The van der Waals surface area contributed by atoms with Gasteiger partial charge in [-0.05, 0) is 67.1 Å². The number of aromatic nitrogens is 1. The molecule has 4 nitrogen and oxygen atoms in total. The smallest absolute Gasteiger partial charge is 0.194 e. The fourth-order valence-corrected chi connectivity index (χ4v) is 4.70. The highest BCUT2D eigenvalue weighted by Crippen LogP contribution is 2.33. The molecule has 3 aromatic rings. The molecule has 1 heterocycles. The predicted octanol–water partition coefficient (Wildman–Crippen LogP) is 5.71. The predicted molar refractivity (Wildman–Crippen MR) is 107 cm³/mol. The second-order valence-electron chi connectivity index (χ2n) is 6.50. The van der Waals surface area contributed by atoms with E-state index in [2.05, 4.69) is 9.71 Å². The lowest BCUT2D eigenvalue weighted by Gasteiger charge is -2.10. The molecule has 0 atom stereocenters. The van der Waals surface area contributed by atoms with Crippen molar-refractivity contribution in [2.24, 2.45) is 5.92 Å². The number of fused-ring (bicyclic) bond motifs is 1. The quantitative estimate of drug-likeness (QED) is 0.418. The number of nitrogen functional groups attached to an aromatic ring is 1. The molecule has 0 unspecified atom stereocenters. The zero-order valence-electron chi connectivity index (χ0n) is 14.2. The van der Waals surface area contributed by atoms with E-state index in [1.165, 1.54) is 55.0 Å². The van der Waals surface area contributed by atoms with Crippen molar-refractivity contribution in [3.63, 3.8) is 0 Å². The van der Waals surface area contributed by atoms with Crippen molar-refractivity contribution in [2.45, 2.75) is 30.6 Å². The third kappa shape index (κ3) is 4.04. The van der Waals surface area contributed by atoms with Gasteiger partial charge in [0.25, 0.3) is 0 Å². The average Bonchev–Trinajstić information content (AvgIpc) is 3.28. The molecule has 2 aromatic carbocycles. The van der Waals surface area contributed by atoms with Gasteiger partial charge in [0.1, 0.15) is 11.6 Å². The fourth-order valence-electron chi connectivity index (χ4n) is 3.13. The number of thiazole rings is 1. The molecule has 136 valence electrons. The van der Waals surface area contributed by atoms with Crippen LogP contribution in [0.2, 0.25) is 0 Å². The van der Waals surface area contributed by atoms with Crippen molar-refractivity contribution in [2.75, 3.05) is 17.1 Å². The van der Waals surface area contributed by atoms with Gasteiger partial charge in [-0.25, -0.2) is 9.37 Å². The first-order valence-corrected chi connectivity index (χ1v) is 10.3. The van der Waals surface area contributed by atoms with Crippen LogP contribution in [0, 0.1) is 11.7 Å². The number of rotatable bonds is 6. The van der Waals surface area contributed by atoms with Crippen molar-refractivity contribution in [3.05, 3.63) is 42.2 Å². The normalized spacial score (nSPS) is 14.8. The Kier molecular flexibility index (Phi) is 5.17. The number of nitrogens with zero attached hydrogens (tertiary/aromatic N) is 1. The zero-order valence-corrected chi connectivity index (χ0v) is 15.8. The first-order valence-electron chi connectivity index (χ1n) is 8.68. The topological polar surface area (TPSA) is 60.2 Å². The molecule has 1 aliphatic carbocycles. The minimum absolute atomic E-state index is 0.341.